The highest BCUT2D eigenvalue weighted by Gasteiger charge is 2.13. The maximum atomic E-state index is 5.61. The average molecular weight is 367 g/mol. The van der Waals surface area contributed by atoms with Crippen molar-refractivity contribution in [2.75, 3.05) is 11.9 Å². The van der Waals surface area contributed by atoms with E-state index in [1.165, 1.54) is 0 Å². The molecule has 134 valence electrons. The summed E-state index contributed by atoms with van der Waals surface area (Å²) in [6.07, 6.45) is 3.40. The molecule has 2 heterocycles. The molecule has 0 aliphatic carbocycles. The van der Waals surface area contributed by atoms with Crippen LogP contribution in [0.15, 0.2) is 71.5 Å². The summed E-state index contributed by atoms with van der Waals surface area (Å²) >= 11 is 5.61. The highest BCUT2D eigenvalue weighted by atomic mass is 32.1. The zero-order chi connectivity index (χ0) is 18.2. The Bertz CT molecular complexity index is 805. The Hall–Kier alpha value is -2.86. The predicted octanol–water partition coefficient (Wildman–Crippen LogP) is 4.47. The van der Waals surface area contributed by atoms with Crippen LogP contribution in [0.1, 0.15) is 18.2 Å². The minimum absolute atomic E-state index is 0.568. The van der Waals surface area contributed by atoms with Crippen LogP contribution in [0.2, 0.25) is 0 Å². The van der Waals surface area contributed by atoms with Gasteiger partial charge in [-0.1, -0.05) is 18.2 Å². The molecule has 0 bridgehead atoms. The van der Waals surface area contributed by atoms with Gasteiger partial charge in [-0.3, -0.25) is 0 Å². The summed E-state index contributed by atoms with van der Waals surface area (Å²) in [6.45, 7) is 3.84. The summed E-state index contributed by atoms with van der Waals surface area (Å²) in [4.78, 5) is 6.31. The molecule has 3 aromatic rings. The summed E-state index contributed by atoms with van der Waals surface area (Å²) in [7, 11) is 0. The van der Waals surface area contributed by atoms with Crippen LogP contribution in [0.4, 0.5) is 5.82 Å². The van der Waals surface area contributed by atoms with Crippen molar-refractivity contribution in [1.29, 1.82) is 0 Å². The third-order valence-corrected chi connectivity index (χ3v) is 4.08. The van der Waals surface area contributed by atoms with Crippen LogP contribution in [0.5, 0.6) is 5.75 Å². The van der Waals surface area contributed by atoms with Gasteiger partial charge in [0, 0.05) is 12.7 Å². The quantitative estimate of drug-likeness (QED) is 0.622. The van der Waals surface area contributed by atoms with Crippen LogP contribution in [0, 0.1) is 0 Å². The number of hydrogen-bond acceptors (Lipinski definition) is 4. The van der Waals surface area contributed by atoms with E-state index in [1.807, 2.05) is 66.4 Å². The molecule has 26 heavy (non-hydrogen) atoms. The molecule has 0 amide bonds. The van der Waals surface area contributed by atoms with Gasteiger partial charge in [-0.2, -0.15) is 0 Å². The zero-order valence-corrected chi connectivity index (χ0v) is 15.4. The molecule has 0 atom stereocenters. The van der Waals surface area contributed by atoms with Crippen LogP contribution in [0.25, 0.3) is 0 Å². The minimum atomic E-state index is 0.568. The van der Waals surface area contributed by atoms with E-state index >= 15 is 0 Å². The van der Waals surface area contributed by atoms with Crippen LogP contribution in [-0.2, 0) is 13.1 Å². The van der Waals surface area contributed by atoms with Gasteiger partial charge in [-0.25, -0.2) is 4.98 Å². The molecule has 1 N–H and O–H groups in total. The van der Waals surface area contributed by atoms with Gasteiger partial charge in [0.25, 0.3) is 0 Å². The Morgan fingerprint density at radius 1 is 1.12 bits per heavy atom. The number of furan rings is 1. The van der Waals surface area contributed by atoms with Crippen LogP contribution < -0.4 is 10.1 Å². The first-order valence-electron chi connectivity index (χ1n) is 8.45. The van der Waals surface area contributed by atoms with Gasteiger partial charge in [-0.05, 0) is 61.1 Å². The summed E-state index contributed by atoms with van der Waals surface area (Å²) in [5, 5.41) is 3.78. The average Bonchev–Trinajstić information content (AvgIpc) is 3.17. The van der Waals surface area contributed by atoms with Crippen LogP contribution in [-0.4, -0.2) is 21.6 Å². The molecule has 6 heteroatoms. The van der Waals surface area contributed by atoms with Gasteiger partial charge in [0.2, 0.25) is 0 Å². The number of rotatable bonds is 7. The summed E-state index contributed by atoms with van der Waals surface area (Å²) < 4.78 is 11.0. The van der Waals surface area contributed by atoms with Crippen molar-refractivity contribution in [3.8, 4) is 5.75 Å². The Kier molecular flexibility index (Phi) is 6.22. The number of aromatic nitrogens is 1. The molecule has 0 aliphatic rings. The maximum absolute atomic E-state index is 5.61. The van der Waals surface area contributed by atoms with Gasteiger partial charge in [0.05, 0.1) is 19.4 Å². The van der Waals surface area contributed by atoms with E-state index in [0.29, 0.717) is 30.6 Å². The van der Waals surface area contributed by atoms with Crippen LogP contribution >= 0.6 is 12.2 Å². The van der Waals surface area contributed by atoms with E-state index in [1.54, 1.807) is 12.5 Å². The Balaban J connectivity index is 1.73. The second-order valence-corrected chi connectivity index (χ2v) is 6.04. The SMILES string of the molecule is CCOc1ccc(CN(Cc2ccco2)C(=S)Nc2ccccn2)cc1. The molecule has 0 saturated heterocycles. The van der Waals surface area contributed by atoms with Gasteiger partial charge in [0.1, 0.15) is 17.3 Å². The van der Waals surface area contributed by atoms with Gasteiger partial charge in [-0.15, -0.1) is 0 Å². The summed E-state index contributed by atoms with van der Waals surface area (Å²) in [6, 6.07) is 17.5. The second kappa shape index (κ2) is 9.01. The molecule has 0 saturated carbocycles. The normalized spacial score (nSPS) is 10.3. The lowest BCUT2D eigenvalue weighted by molar-refractivity contribution is 0.339. The highest BCUT2D eigenvalue weighted by Crippen LogP contribution is 2.16. The van der Waals surface area contributed by atoms with E-state index in [0.717, 1.165) is 17.1 Å². The second-order valence-electron chi connectivity index (χ2n) is 5.66. The Morgan fingerprint density at radius 2 is 1.96 bits per heavy atom. The third-order valence-electron chi connectivity index (χ3n) is 3.72. The van der Waals surface area contributed by atoms with Gasteiger partial charge < -0.3 is 19.4 Å². The molecule has 5 nitrogen and oxygen atoms in total. The molecule has 3 rings (SSSR count). The van der Waals surface area contributed by atoms with Crippen molar-refractivity contribution < 1.29 is 9.15 Å². The largest absolute Gasteiger partial charge is 0.494 e. The molecule has 0 fully saturated rings. The Labute approximate surface area is 158 Å². The minimum Gasteiger partial charge on any atom is -0.494 e. The van der Waals surface area contributed by atoms with Gasteiger partial charge >= 0.3 is 0 Å². The van der Waals surface area contributed by atoms with Gasteiger partial charge in [0.15, 0.2) is 5.11 Å². The maximum Gasteiger partial charge on any atom is 0.175 e. The van der Waals surface area contributed by atoms with Crippen molar-refractivity contribution in [3.63, 3.8) is 0 Å². The summed E-state index contributed by atoms with van der Waals surface area (Å²) in [5.41, 5.74) is 1.13. The highest BCUT2D eigenvalue weighted by molar-refractivity contribution is 7.80. The zero-order valence-electron chi connectivity index (χ0n) is 14.6. The summed E-state index contributed by atoms with van der Waals surface area (Å²) in [5.74, 6) is 2.43. The van der Waals surface area contributed by atoms with E-state index in [4.69, 9.17) is 21.4 Å². The lowest BCUT2D eigenvalue weighted by Gasteiger charge is -2.25. The molecule has 0 aliphatic heterocycles. The van der Waals surface area contributed by atoms with Crippen molar-refractivity contribution in [2.45, 2.75) is 20.0 Å². The fraction of sp³-hybridized carbons (Fsp3) is 0.200. The number of ether oxygens (including phenoxy) is 1. The lowest BCUT2D eigenvalue weighted by atomic mass is 10.2. The van der Waals surface area contributed by atoms with Crippen molar-refractivity contribution in [3.05, 3.63) is 78.4 Å². The lowest BCUT2D eigenvalue weighted by Crippen LogP contribution is -2.34. The number of benzene rings is 1. The molecule has 0 unspecified atom stereocenters. The van der Waals surface area contributed by atoms with Crippen molar-refractivity contribution in [2.24, 2.45) is 0 Å². The molecule has 0 spiro atoms. The topological polar surface area (TPSA) is 50.5 Å². The van der Waals surface area contributed by atoms with E-state index in [9.17, 15) is 0 Å². The van der Waals surface area contributed by atoms with E-state index in [2.05, 4.69) is 10.3 Å². The molecular formula is C20H21N3O2S. The first-order chi connectivity index (χ1) is 12.7. The molecule has 1 aromatic carbocycles. The molecule has 2 aromatic heterocycles. The predicted molar refractivity (Wildman–Crippen MR) is 106 cm³/mol. The van der Waals surface area contributed by atoms with Crippen molar-refractivity contribution in [1.82, 2.24) is 9.88 Å². The number of pyridine rings is 1. The number of anilines is 1. The number of thiocarbonyl (C=S) groups is 1. The standard InChI is InChI=1S/C20H21N3O2S/c1-2-24-17-10-8-16(9-11-17)14-23(15-18-6-5-13-25-18)20(26)22-19-7-3-4-12-21-19/h3-13H,2,14-15H2,1H3,(H,21,22,26). The third kappa shape index (κ3) is 5.07. The first kappa shape index (κ1) is 17.9. The fourth-order valence-corrected chi connectivity index (χ4v) is 2.73. The number of nitrogens with zero attached hydrogens (tertiary/aromatic N) is 2. The molecular weight excluding hydrogens is 346 g/mol. The monoisotopic (exact) mass is 367 g/mol. The number of hydrogen-bond donors (Lipinski definition) is 1. The van der Waals surface area contributed by atoms with E-state index in [-0.39, 0.29) is 0 Å². The fourth-order valence-electron chi connectivity index (χ4n) is 2.49. The first-order valence-corrected chi connectivity index (χ1v) is 8.86. The van der Waals surface area contributed by atoms with Crippen LogP contribution in [0.3, 0.4) is 0 Å². The molecule has 0 radical (unpaired) electrons. The van der Waals surface area contributed by atoms with E-state index < -0.39 is 0 Å². The number of nitrogens with one attached hydrogen (secondary N) is 1. The Morgan fingerprint density at radius 3 is 2.62 bits per heavy atom. The van der Waals surface area contributed by atoms with Crippen molar-refractivity contribution >= 4 is 23.1 Å². The smallest absolute Gasteiger partial charge is 0.175 e.